The third kappa shape index (κ3) is 3.93. The van der Waals surface area contributed by atoms with Gasteiger partial charge in [-0.05, 0) is 44.4 Å². The van der Waals surface area contributed by atoms with Gasteiger partial charge in [0.05, 0.1) is 5.69 Å². The van der Waals surface area contributed by atoms with Crippen LogP contribution in [0.5, 0.6) is 0 Å². The van der Waals surface area contributed by atoms with E-state index in [-0.39, 0.29) is 23.2 Å². The first-order valence-electron chi connectivity index (χ1n) is 10.1. The second-order valence-corrected chi connectivity index (χ2v) is 7.73. The molecule has 1 fully saturated rings. The topological polar surface area (TPSA) is 63.6 Å². The van der Waals surface area contributed by atoms with Crippen LogP contribution in [0.25, 0.3) is 5.65 Å². The zero-order valence-electron chi connectivity index (χ0n) is 16.9. The number of aromatic nitrogens is 3. The minimum atomic E-state index is -4.55. The Hall–Kier alpha value is -2.84. The first-order chi connectivity index (χ1) is 14.3. The molecule has 4 heterocycles. The maximum Gasteiger partial charge on any atom is 0.433 e. The van der Waals surface area contributed by atoms with Crippen molar-refractivity contribution >= 4 is 11.6 Å². The van der Waals surface area contributed by atoms with Gasteiger partial charge in [0.1, 0.15) is 11.5 Å². The molecule has 1 atom stereocenters. The van der Waals surface area contributed by atoms with Crippen LogP contribution in [0.1, 0.15) is 65.5 Å². The van der Waals surface area contributed by atoms with E-state index in [1.807, 2.05) is 6.92 Å². The average Bonchev–Trinajstić information content (AvgIpc) is 3.31. The first-order valence-corrected chi connectivity index (χ1v) is 10.1. The van der Waals surface area contributed by atoms with Gasteiger partial charge in [0.15, 0.2) is 11.4 Å². The van der Waals surface area contributed by atoms with Gasteiger partial charge in [-0.1, -0.05) is 6.92 Å². The summed E-state index contributed by atoms with van der Waals surface area (Å²) in [5, 5.41) is 3.92. The van der Waals surface area contributed by atoms with Crippen LogP contribution in [0, 0.1) is 6.92 Å². The molecule has 30 heavy (non-hydrogen) atoms. The molecule has 0 aliphatic carbocycles. The van der Waals surface area contributed by atoms with E-state index in [1.54, 1.807) is 24.0 Å². The Labute approximate surface area is 171 Å². The van der Waals surface area contributed by atoms with Gasteiger partial charge in [0, 0.05) is 37.2 Å². The van der Waals surface area contributed by atoms with Gasteiger partial charge in [-0.3, -0.25) is 4.79 Å². The molecule has 1 saturated heterocycles. The van der Waals surface area contributed by atoms with Crippen molar-refractivity contribution < 1.29 is 22.4 Å². The van der Waals surface area contributed by atoms with Crippen LogP contribution in [0.2, 0.25) is 0 Å². The minimum absolute atomic E-state index is 0.163. The number of halogens is 3. The van der Waals surface area contributed by atoms with Crippen LogP contribution >= 0.6 is 0 Å². The normalized spacial score (nSPS) is 17.6. The van der Waals surface area contributed by atoms with Crippen LogP contribution in [0.3, 0.4) is 0 Å². The van der Waals surface area contributed by atoms with Crippen LogP contribution in [-0.4, -0.2) is 38.5 Å². The first kappa shape index (κ1) is 20.4. The Kier molecular flexibility index (Phi) is 5.29. The lowest BCUT2D eigenvalue weighted by Gasteiger charge is -2.32. The molecule has 0 radical (unpaired) electrons. The van der Waals surface area contributed by atoms with E-state index in [0.717, 1.165) is 29.2 Å². The van der Waals surface area contributed by atoms with Crippen LogP contribution in [-0.2, 0) is 12.6 Å². The molecule has 0 bridgehead atoms. The third-order valence-corrected chi connectivity index (χ3v) is 5.36. The number of carbonyl (C=O) groups excluding carboxylic acids is 1. The molecule has 1 aliphatic rings. The Morgan fingerprint density at radius 3 is 2.83 bits per heavy atom. The molecule has 3 aromatic heterocycles. The number of piperidine rings is 1. The summed E-state index contributed by atoms with van der Waals surface area (Å²) >= 11 is 0. The summed E-state index contributed by atoms with van der Waals surface area (Å²) < 4.78 is 47.3. The zero-order valence-corrected chi connectivity index (χ0v) is 16.9. The van der Waals surface area contributed by atoms with E-state index in [4.69, 9.17) is 4.42 Å². The Morgan fingerprint density at radius 1 is 1.30 bits per heavy atom. The number of fused-ring (bicyclic) bond motifs is 1. The quantitative estimate of drug-likeness (QED) is 0.618. The molecule has 0 saturated carbocycles. The number of hydrogen-bond donors (Lipinski definition) is 0. The maximum atomic E-state index is 13.6. The van der Waals surface area contributed by atoms with Crippen molar-refractivity contribution in [3.8, 4) is 0 Å². The van der Waals surface area contributed by atoms with E-state index in [2.05, 4.69) is 10.1 Å². The third-order valence-electron chi connectivity index (χ3n) is 5.36. The number of alkyl halides is 3. The smallest absolute Gasteiger partial charge is 0.433 e. The molecular weight excluding hydrogens is 397 g/mol. The number of furan rings is 1. The van der Waals surface area contributed by atoms with Crippen molar-refractivity contribution in [3.05, 3.63) is 52.9 Å². The summed E-state index contributed by atoms with van der Waals surface area (Å²) in [4.78, 5) is 18.9. The molecule has 6 nitrogen and oxygen atoms in total. The summed E-state index contributed by atoms with van der Waals surface area (Å²) in [6.07, 6.45) is -1.54. The highest BCUT2D eigenvalue weighted by molar-refractivity contribution is 5.91. The van der Waals surface area contributed by atoms with Gasteiger partial charge < -0.3 is 9.32 Å². The predicted octanol–water partition coefficient (Wildman–Crippen LogP) is 4.62. The van der Waals surface area contributed by atoms with Crippen molar-refractivity contribution in [2.45, 2.75) is 51.6 Å². The Bertz CT molecular complexity index is 1070. The fourth-order valence-electron chi connectivity index (χ4n) is 3.95. The second-order valence-electron chi connectivity index (χ2n) is 7.73. The summed E-state index contributed by atoms with van der Waals surface area (Å²) in [5.74, 6) is 0.505. The standard InChI is InChI=1S/C21H23F3N4O2/c1-3-5-15-7-8-17(30-15)20(29)27-9-4-6-14(12-27)16-11-18(21(22,23)24)28-19(25-16)10-13(2)26-28/h7-8,10-11,14H,3-6,9,12H2,1-2H3. The number of carbonyl (C=O) groups is 1. The number of hydrogen-bond acceptors (Lipinski definition) is 4. The summed E-state index contributed by atoms with van der Waals surface area (Å²) in [5.41, 5.74) is 0.106. The zero-order chi connectivity index (χ0) is 21.5. The molecule has 0 aromatic carbocycles. The minimum Gasteiger partial charge on any atom is -0.456 e. The van der Waals surface area contributed by atoms with E-state index >= 15 is 0 Å². The van der Waals surface area contributed by atoms with Gasteiger partial charge >= 0.3 is 6.18 Å². The maximum absolute atomic E-state index is 13.6. The number of nitrogens with zero attached hydrogens (tertiary/aromatic N) is 4. The number of amides is 1. The largest absolute Gasteiger partial charge is 0.456 e. The molecule has 0 N–H and O–H groups in total. The number of rotatable bonds is 4. The lowest BCUT2D eigenvalue weighted by atomic mass is 9.94. The van der Waals surface area contributed by atoms with E-state index in [1.165, 1.54) is 6.07 Å². The highest BCUT2D eigenvalue weighted by Crippen LogP contribution is 2.34. The van der Waals surface area contributed by atoms with Gasteiger partial charge in [0.25, 0.3) is 5.91 Å². The van der Waals surface area contributed by atoms with Crippen molar-refractivity contribution in [2.24, 2.45) is 0 Å². The lowest BCUT2D eigenvalue weighted by molar-refractivity contribution is -0.142. The summed E-state index contributed by atoms with van der Waals surface area (Å²) in [7, 11) is 0. The Morgan fingerprint density at radius 2 is 2.10 bits per heavy atom. The van der Waals surface area contributed by atoms with Crippen molar-refractivity contribution in [1.82, 2.24) is 19.5 Å². The summed E-state index contributed by atoms with van der Waals surface area (Å²) in [6, 6.07) is 6.05. The van der Waals surface area contributed by atoms with Crippen molar-refractivity contribution in [3.63, 3.8) is 0 Å². The van der Waals surface area contributed by atoms with Crippen molar-refractivity contribution in [2.75, 3.05) is 13.1 Å². The molecule has 9 heteroatoms. The number of aryl methyl sites for hydroxylation is 2. The fourth-order valence-corrected chi connectivity index (χ4v) is 3.95. The SMILES string of the molecule is CCCc1ccc(C(=O)N2CCCC(c3cc(C(F)(F)F)n4nc(C)cc4n3)C2)o1. The molecular formula is C21H23F3N4O2. The molecule has 0 spiro atoms. The van der Waals surface area contributed by atoms with Gasteiger partial charge in [-0.25, -0.2) is 9.50 Å². The lowest BCUT2D eigenvalue weighted by Crippen LogP contribution is -2.39. The summed E-state index contributed by atoms with van der Waals surface area (Å²) in [6.45, 7) is 4.50. The molecule has 4 rings (SSSR count). The molecule has 1 aliphatic heterocycles. The van der Waals surface area contributed by atoms with Crippen LogP contribution in [0.15, 0.2) is 28.7 Å². The number of likely N-dealkylation sites (tertiary alicyclic amines) is 1. The van der Waals surface area contributed by atoms with E-state index in [9.17, 15) is 18.0 Å². The monoisotopic (exact) mass is 420 g/mol. The Balaban J connectivity index is 1.61. The second kappa shape index (κ2) is 7.77. The van der Waals surface area contributed by atoms with Crippen LogP contribution < -0.4 is 0 Å². The average molecular weight is 420 g/mol. The van der Waals surface area contributed by atoms with E-state index < -0.39 is 11.9 Å². The molecule has 160 valence electrons. The van der Waals surface area contributed by atoms with Crippen LogP contribution in [0.4, 0.5) is 13.2 Å². The van der Waals surface area contributed by atoms with Gasteiger partial charge in [0.2, 0.25) is 0 Å². The van der Waals surface area contributed by atoms with Crippen molar-refractivity contribution in [1.29, 1.82) is 0 Å². The highest BCUT2D eigenvalue weighted by Gasteiger charge is 2.36. The van der Waals surface area contributed by atoms with Gasteiger partial charge in [-0.2, -0.15) is 18.3 Å². The van der Waals surface area contributed by atoms with Gasteiger partial charge in [-0.15, -0.1) is 0 Å². The predicted molar refractivity (Wildman–Crippen MR) is 103 cm³/mol. The molecule has 3 aromatic rings. The van der Waals surface area contributed by atoms with E-state index in [0.29, 0.717) is 37.3 Å². The molecule has 1 amide bonds. The highest BCUT2D eigenvalue weighted by atomic mass is 19.4. The fraction of sp³-hybridized carbons (Fsp3) is 0.476. The molecule has 1 unspecified atom stereocenters.